The van der Waals surface area contributed by atoms with Gasteiger partial charge in [-0.3, -0.25) is 0 Å². The molecule has 3 rings (SSSR count). The maximum absolute atomic E-state index is 6.18. The molecule has 2 atom stereocenters. The van der Waals surface area contributed by atoms with Crippen LogP contribution in [0.25, 0.3) is 0 Å². The summed E-state index contributed by atoms with van der Waals surface area (Å²) >= 11 is 6.06. The summed E-state index contributed by atoms with van der Waals surface area (Å²) in [4.78, 5) is 0. The smallest absolute Gasteiger partial charge is 0.132 e. The first-order valence-corrected chi connectivity index (χ1v) is 9.28. The second-order valence-electron chi connectivity index (χ2n) is 6.97. The van der Waals surface area contributed by atoms with Gasteiger partial charge in [-0.05, 0) is 56.7 Å². The van der Waals surface area contributed by atoms with Gasteiger partial charge in [-0.1, -0.05) is 23.7 Å². The molecule has 0 amide bonds. The zero-order valence-corrected chi connectivity index (χ0v) is 16.5. The topological polar surface area (TPSA) is 39.7 Å². The van der Waals surface area contributed by atoms with Crippen molar-refractivity contribution >= 4 is 17.3 Å². The molecule has 0 aliphatic carbocycles. The molecule has 0 radical (unpaired) electrons. The zero-order valence-electron chi connectivity index (χ0n) is 15.7. The minimum Gasteiger partial charge on any atom is -0.485 e. The Morgan fingerprint density at radius 3 is 2.69 bits per heavy atom. The SMILES string of the molecule is CCOC1c2cc(NCc3cccc(Cl)c3)ccc2OC(C)(C)C1OC. The Morgan fingerprint density at radius 1 is 1.19 bits per heavy atom. The highest BCUT2D eigenvalue weighted by Gasteiger charge is 2.44. The average Bonchev–Trinajstić information content (AvgIpc) is 2.60. The zero-order chi connectivity index (χ0) is 18.7. The molecule has 2 aromatic rings. The second-order valence-corrected chi connectivity index (χ2v) is 7.41. The first kappa shape index (κ1) is 19.0. The Morgan fingerprint density at radius 2 is 2.00 bits per heavy atom. The molecular formula is C21H26ClNO3. The van der Waals surface area contributed by atoms with E-state index in [4.69, 9.17) is 25.8 Å². The molecule has 26 heavy (non-hydrogen) atoms. The molecule has 1 aliphatic heterocycles. The highest BCUT2D eigenvalue weighted by molar-refractivity contribution is 6.30. The lowest BCUT2D eigenvalue weighted by Gasteiger charge is -2.43. The number of ether oxygens (including phenoxy) is 3. The van der Waals surface area contributed by atoms with Gasteiger partial charge in [-0.15, -0.1) is 0 Å². The third-order valence-corrected chi connectivity index (χ3v) is 4.87. The second kappa shape index (κ2) is 7.87. The molecule has 0 fully saturated rings. The molecule has 5 heteroatoms. The lowest BCUT2D eigenvalue weighted by molar-refractivity contribution is -0.148. The van der Waals surface area contributed by atoms with Crippen LogP contribution in [0.4, 0.5) is 5.69 Å². The number of halogens is 1. The Balaban J connectivity index is 1.85. The molecule has 0 bridgehead atoms. The molecule has 0 saturated heterocycles. The van der Waals surface area contributed by atoms with Crippen LogP contribution in [-0.2, 0) is 16.0 Å². The Labute approximate surface area is 160 Å². The number of hydrogen-bond acceptors (Lipinski definition) is 4. The third kappa shape index (κ3) is 3.98. The Bertz CT molecular complexity index is 763. The maximum atomic E-state index is 6.18. The molecule has 140 valence electrons. The monoisotopic (exact) mass is 375 g/mol. The number of benzene rings is 2. The third-order valence-electron chi connectivity index (χ3n) is 4.64. The molecule has 0 aromatic heterocycles. The van der Waals surface area contributed by atoms with Crippen molar-refractivity contribution in [2.75, 3.05) is 19.0 Å². The molecule has 4 nitrogen and oxygen atoms in total. The minimum atomic E-state index is -0.461. The molecule has 2 aromatic carbocycles. The molecule has 2 unspecified atom stereocenters. The summed E-state index contributed by atoms with van der Waals surface area (Å²) in [5.74, 6) is 0.843. The summed E-state index contributed by atoms with van der Waals surface area (Å²) in [6.07, 6.45) is -0.352. The lowest BCUT2D eigenvalue weighted by atomic mass is 9.88. The van der Waals surface area contributed by atoms with Crippen LogP contribution in [0.5, 0.6) is 5.75 Å². The number of fused-ring (bicyclic) bond motifs is 1. The van der Waals surface area contributed by atoms with Gasteiger partial charge in [-0.25, -0.2) is 0 Å². The summed E-state index contributed by atoms with van der Waals surface area (Å²) in [6.45, 7) is 7.36. The number of nitrogens with one attached hydrogen (secondary N) is 1. The molecular weight excluding hydrogens is 350 g/mol. The summed E-state index contributed by atoms with van der Waals surface area (Å²) in [7, 11) is 1.70. The van der Waals surface area contributed by atoms with Crippen LogP contribution < -0.4 is 10.1 Å². The van der Waals surface area contributed by atoms with Gasteiger partial charge >= 0.3 is 0 Å². The Kier molecular flexibility index (Phi) is 5.76. The van der Waals surface area contributed by atoms with E-state index in [-0.39, 0.29) is 12.2 Å². The van der Waals surface area contributed by atoms with Crippen LogP contribution >= 0.6 is 11.6 Å². The van der Waals surface area contributed by atoms with Crippen molar-refractivity contribution < 1.29 is 14.2 Å². The molecule has 1 N–H and O–H groups in total. The summed E-state index contributed by atoms with van der Waals surface area (Å²) < 4.78 is 17.9. The lowest BCUT2D eigenvalue weighted by Crippen LogP contribution is -2.50. The van der Waals surface area contributed by atoms with Crippen molar-refractivity contribution in [1.82, 2.24) is 0 Å². The Hall–Kier alpha value is -1.75. The quantitative estimate of drug-likeness (QED) is 0.751. The fourth-order valence-electron chi connectivity index (χ4n) is 3.46. The molecule has 0 saturated carbocycles. The number of hydrogen-bond donors (Lipinski definition) is 1. The summed E-state index contributed by atoms with van der Waals surface area (Å²) in [6, 6.07) is 13.9. The van der Waals surface area contributed by atoms with Crippen LogP contribution in [-0.4, -0.2) is 25.4 Å². The van der Waals surface area contributed by atoms with Crippen molar-refractivity contribution in [2.24, 2.45) is 0 Å². The van der Waals surface area contributed by atoms with Gasteiger partial charge in [0.1, 0.15) is 23.6 Å². The van der Waals surface area contributed by atoms with Crippen LogP contribution in [0.3, 0.4) is 0 Å². The van der Waals surface area contributed by atoms with Gasteiger partial charge in [0.25, 0.3) is 0 Å². The molecule has 1 heterocycles. The van der Waals surface area contributed by atoms with Gasteiger partial charge in [0, 0.05) is 36.5 Å². The fourth-order valence-corrected chi connectivity index (χ4v) is 3.67. The van der Waals surface area contributed by atoms with E-state index >= 15 is 0 Å². The van der Waals surface area contributed by atoms with E-state index in [1.54, 1.807) is 7.11 Å². The largest absolute Gasteiger partial charge is 0.485 e. The first-order valence-electron chi connectivity index (χ1n) is 8.90. The first-order chi connectivity index (χ1) is 12.4. The molecule has 0 spiro atoms. The predicted octanol–water partition coefficient (Wildman–Crippen LogP) is 5.22. The van der Waals surface area contributed by atoms with Crippen LogP contribution in [0.2, 0.25) is 5.02 Å². The van der Waals surface area contributed by atoms with E-state index in [2.05, 4.69) is 11.4 Å². The van der Waals surface area contributed by atoms with Gasteiger partial charge in [0.05, 0.1) is 0 Å². The normalized spacial score (nSPS) is 21.0. The van der Waals surface area contributed by atoms with Gasteiger partial charge in [0.15, 0.2) is 0 Å². The van der Waals surface area contributed by atoms with E-state index in [1.807, 2.05) is 57.2 Å². The van der Waals surface area contributed by atoms with Gasteiger partial charge in [-0.2, -0.15) is 0 Å². The van der Waals surface area contributed by atoms with E-state index in [1.165, 1.54) is 0 Å². The van der Waals surface area contributed by atoms with Crippen molar-refractivity contribution in [2.45, 2.75) is 45.1 Å². The van der Waals surface area contributed by atoms with Crippen molar-refractivity contribution in [3.05, 3.63) is 58.6 Å². The maximum Gasteiger partial charge on any atom is 0.132 e. The van der Waals surface area contributed by atoms with E-state index in [0.717, 1.165) is 27.6 Å². The van der Waals surface area contributed by atoms with E-state index in [9.17, 15) is 0 Å². The number of rotatable bonds is 6. The number of methoxy groups -OCH3 is 1. The summed E-state index contributed by atoms with van der Waals surface area (Å²) in [5.41, 5.74) is 2.68. The van der Waals surface area contributed by atoms with Gasteiger partial charge < -0.3 is 19.5 Å². The van der Waals surface area contributed by atoms with Crippen LogP contribution in [0.1, 0.15) is 38.0 Å². The predicted molar refractivity (Wildman–Crippen MR) is 105 cm³/mol. The van der Waals surface area contributed by atoms with Crippen molar-refractivity contribution in [1.29, 1.82) is 0 Å². The average molecular weight is 376 g/mol. The molecule has 1 aliphatic rings. The van der Waals surface area contributed by atoms with Crippen molar-refractivity contribution in [3.63, 3.8) is 0 Å². The van der Waals surface area contributed by atoms with E-state index in [0.29, 0.717) is 13.2 Å². The number of anilines is 1. The highest BCUT2D eigenvalue weighted by atomic mass is 35.5. The van der Waals surface area contributed by atoms with E-state index < -0.39 is 5.60 Å². The summed E-state index contributed by atoms with van der Waals surface area (Å²) in [5, 5.41) is 4.18. The van der Waals surface area contributed by atoms with Crippen molar-refractivity contribution in [3.8, 4) is 5.75 Å². The van der Waals surface area contributed by atoms with Crippen LogP contribution in [0, 0.1) is 0 Å². The van der Waals surface area contributed by atoms with Crippen LogP contribution in [0.15, 0.2) is 42.5 Å². The minimum absolute atomic E-state index is 0.170. The fraction of sp³-hybridized carbons (Fsp3) is 0.429. The van der Waals surface area contributed by atoms with Gasteiger partial charge in [0.2, 0.25) is 0 Å². The highest BCUT2D eigenvalue weighted by Crippen LogP contribution is 2.44. The standard InChI is InChI=1S/C21H26ClNO3/c1-5-25-19-17-12-16(23-13-14-7-6-8-15(22)11-14)9-10-18(17)26-21(2,3)20(19)24-4/h6-12,19-20,23H,5,13H2,1-4H3.